The normalized spacial score (nSPS) is 13.1. The summed E-state index contributed by atoms with van der Waals surface area (Å²) >= 11 is 0. The molecular formula is C13H20FN. The van der Waals surface area contributed by atoms with Crippen molar-refractivity contribution in [2.24, 2.45) is 5.92 Å². The van der Waals surface area contributed by atoms with Gasteiger partial charge in [-0.3, -0.25) is 0 Å². The van der Waals surface area contributed by atoms with E-state index in [2.05, 4.69) is 26.1 Å². The minimum absolute atomic E-state index is 0.144. The fourth-order valence-electron chi connectivity index (χ4n) is 1.78. The lowest BCUT2D eigenvalue weighted by molar-refractivity contribution is 0.465. The van der Waals surface area contributed by atoms with Gasteiger partial charge in [0, 0.05) is 6.54 Å². The number of nitrogens with one attached hydrogen (secondary N) is 1. The van der Waals surface area contributed by atoms with Crippen LogP contribution in [0.2, 0.25) is 0 Å². The van der Waals surface area contributed by atoms with Crippen molar-refractivity contribution in [2.45, 2.75) is 26.7 Å². The molecule has 1 aromatic rings. The molecule has 0 aliphatic carbocycles. The predicted molar refractivity (Wildman–Crippen MR) is 62.5 cm³/mol. The van der Waals surface area contributed by atoms with Crippen molar-refractivity contribution in [3.05, 3.63) is 35.6 Å². The highest BCUT2D eigenvalue weighted by Crippen LogP contribution is 2.24. The monoisotopic (exact) mass is 209 g/mol. The summed E-state index contributed by atoms with van der Waals surface area (Å²) in [6.07, 6.45) is 0. The summed E-state index contributed by atoms with van der Waals surface area (Å²) in [6.45, 7) is 8.30. The van der Waals surface area contributed by atoms with Crippen LogP contribution in [-0.2, 0) is 0 Å². The topological polar surface area (TPSA) is 12.0 Å². The Balaban J connectivity index is 2.79. The summed E-state index contributed by atoms with van der Waals surface area (Å²) in [5, 5.41) is 3.33. The largest absolute Gasteiger partial charge is 0.316 e. The van der Waals surface area contributed by atoms with Crippen molar-refractivity contribution in [3.63, 3.8) is 0 Å². The van der Waals surface area contributed by atoms with E-state index >= 15 is 0 Å². The minimum atomic E-state index is -0.144. The number of hydrogen-bond acceptors (Lipinski definition) is 1. The fourth-order valence-corrected chi connectivity index (χ4v) is 1.78. The predicted octanol–water partition coefficient (Wildman–Crippen LogP) is 3.17. The fraction of sp³-hybridized carbons (Fsp3) is 0.538. The molecule has 0 fully saturated rings. The lowest BCUT2D eigenvalue weighted by Gasteiger charge is -2.21. The molecule has 0 saturated carbocycles. The maximum Gasteiger partial charge on any atom is 0.123 e. The molecule has 0 amide bonds. The SMILES string of the molecule is CCNCC(c1cccc(F)c1)C(C)C. The van der Waals surface area contributed by atoms with E-state index in [1.807, 2.05) is 6.07 Å². The van der Waals surface area contributed by atoms with Gasteiger partial charge in [-0.2, -0.15) is 0 Å². The zero-order valence-electron chi connectivity index (χ0n) is 9.76. The average Bonchev–Trinajstić information content (AvgIpc) is 2.18. The molecule has 0 heterocycles. The van der Waals surface area contributed by atoms with Crippen LogP contribution in [0.5, 0.6) is 0 Å². The van der Waals surface area contributed by atoms with E-state index in [1.165, 1.54) is 6.07 Å². The number of halogens is 1. The van der Waals surface area contributed by atoms with Crippen molar-refractivity contribution in [1.29, 1.82) is 0 Å². The van der Waals surface area contributed by atoms with Crippen molar-refractivity contribution in [2.75, 3.05) is 13.1 Å². The van der Waals surface area contributed by atoms with Gasteiger partial charge in [-0.05, 0) is 36.1 Å². The van der Waals surface area contributed by atoms with Gasteiger partial charge in [0.05, 0.1) is 0 Å². The molecule has 0 aromatic heterocycles. The molecule has 1 N–H and O–H groups in total. The first-order valence-electron chi connectivity index (χ1n) is 5.61. The van der Waals surface area contributed by atoms with Gasteiger partial charge >= 0.3 is 0 Å². The average molecular weight is 209 g/mol. The number of likely N-dealkylation sites (N-methyl/N-ethyl adjacent to an activating group) is 1. The van der Waals surface area contributed by atoms with Gasteiger partial charge in [-0.1, -0.05) is 32.9 Å². The Labute approximate surface area is 91.7 Å². The summed E-state index contributed by atoms with van der Waals surface area (Å²) in [7, 11) is 0. The Morgan fingerprint density at radius 3 is 2.60 bits per heavy atom. The van der Waals surface area contributed by atoms with Gasteiger partial charge < -0.3 is 5.32 Å². The zero-order valence-corrected chi connectivity index (χ0v) is 9.76. The third-order valence-electron chi connectivity index (χ3n) is 2.70. The lowest BCUT2D eigenvalue weighted by Crippen LogP contribution is -2.24. The highest BCUT2D eigenvalue weighted by atomic mass is 19.1. The summed E-state index contributed by atoms with van der Waals surface area (Å²) in [5.41, 5.74) is 1.09. The molecule has 0 bridgehead atoms. The van der Waals surface area contributed by atoms with Crippen molar-refractivity contribution < 1.29 is 4.39 Å². The molecule has 1 aromatic carbocycles. The highest BCUT2D eigenvalue weighted by Gasteiger charge is 2.15. The zero-order chi connectivity index (χ0) is 11.3. The summed E-state index contributed by atoms with van der Waals surface area (Å²) in [6, 6.07) is 6.92. The number of benzene rings is 1. The van der Waals surface area contributed by atoms with Crippen LogP contribution in [0.4, 0.5) is 4.39 Å². The van der Waals surface area contributed by atoms with E-state index < -0.39 is 0 Å². The first kappa shape index (κ1) is 12.2. The van der Waals surface area contributed by atoms with Gasteiger partial charge in [-0.25, -0.2) is 4.39 Å². The van der Waals surface area contributed by atoms with Crippen LogP contribution in [0.15, 0.2) is 24.3 Å². The van der Waals surface area contributed by atoms with Gasteiger partial charge in [0.2, 0.25) is 0 Å². The Hall–Kier alpha value is -0.890. The van der Waals surface area contributed by atoms with Gasteiger partial charge in [0.25, 0.3) is 0 Å². The minimum Gasteiger partial charge on any atom is -0.316 e. The third-order valence-corrected chi connectivity index (χ3v) is 2.70. The Bertz CT molecular complexity index is 296. The lowest BCUT2D eigenvalue weighted by atomic mass is 9.88. The summed E-state index contributed by atoms with van der Waals surface area (Å²) in [5.74, 6) is 0.765. The van der Waals surface area contributed by atoms with E-state index in [0.717, 1.165) is 18.7 Å². The number of hydrogen-bond donors (Lipinski definition) is 1. The maximum absolute atomic E-state index is 13.1. The molecule has 0 aliphatic heterocycles. The van der Waals surface area contributed by atoms with Gasteiger partial charge in [-0.15, -0.1) is 0 Å². The van der Waals surface area contributed by atoms with E-state index in [0.29, 0.717) is 11.8 Å². The highest BCUT2D eigenvalue weighted by molar-refractivity contribution is 5.21. The van der Waals surface area contributed by atoms with Crippen LogP contribution < -0.4 is 5.32 Å². The Morgan fingerprint density at radius 2 is 2.07 bits per heavy atom. The van der Waals surface area contributed by atoms with E-state index in [4.69, 9.17) is 0 Å². The first-order chi connectivity index (χ1) is 7.15. The smallest absolute Gasteiger partial charge is 0.123 e. The molecule has 1 rings (SSSR count). The van der Waals surface area contributed by atoms with Crippen molar-refractivity contribution >= 4 is 0 Å². The van der Waals surface area contributed by atoms with Crippen LogP contribution in [0.3, 0.4) is 0 Å². The molecule has 15 heavy (non-hydrogen) atoms. The molecule has 0 saturated heterocycles. The van der Waals surface area contributed by atoms with Gasteiger partial charge in [0.15, 0.2) is 0 Å². The third kappa shape index (κ3) is 3.63. The Morgan fingerprint density at radius 1 is 1.33 bits per heavy atom. The van der Waals surface area contributed by atoms with E-state index in [1.54, 1.807) is 12.1 Å². The first-order valence-corrected chi connectivity index (χ1v) is 5.61. The van der Waals surface area contributed by atoms with Crippen molar-refractivity contribution in [3.8, 4) is 0 Å². The molecule has 0 radical (unpaired) electrons. The Kier molecular flexibility index (Phi) is 4.76. The molecule has 84 valence electrons. The van der Waals surface area contributed by atoms with Crippen LogP contribution in [0.25, 0.3) is 0 Å². The second kappa shape index (κ2) is 5.86. The molecule has 0 spiro atoms. The molecule has 0 aliphatic rings. The molecule has 1 nitrogen and oxygen atoms in total. The van der Waals surface area contributed by atoms with Crippen LogP contribution in [0.1, 0.15) is 32.3 Å². The molecular weight excluding hydrogens is 189 g/mol. The van der Waals surface area contributed by atoms with Gasteiger partial charge in [0.1, 0.15) is 5.82 Å². The number of rotatable bonds is 5. The summed E-state index contributed by atoms with van der Waals surface area (Å²) < 4.78 is 13.1. The second-order valence-corrected chi connectivity index (χ2v) is 4.21. The van der Waals surface area contributed by atoms with Crippen LogP contribution >= 0.6 is 0 Å². The maximum atomic E-state index is 13.1. The van der Waals surface area contributed by atoms with E-state index in [9.17, 15) is 4.39 Å². The van der Waals surface area contributed by atoms with Crippen LogP contribution in [-0.4, -0.2) is 13.1 Å². The molecule has 2 heteroatoms. The second-order valence-electron chi connectivity index (χ2n) is 4.21. The van der Waals surface area contributed by atoms with Crippen LogP contribution in [0, 0.1) is 11.7 Å². The summed E-state index contributed by atoms with van der Waals surface area (Å²) in [4.78, 5) is 0. The van der Waals surface area contributed by atoms with Crippen molar-refractivity contribution in [1.82, 2.24) is 5.32 Å². The van der Waals surface area contributed by atoms with E-state index in [-0.39, 0.29) is 5.82 Å². The standard InChI is InChI=1S/C13H20FN/c1-4-15-9-13(10(2)3)11-6-5-7-12(14)8-11/h5-8,10,13,15H,4,9H2,1-3H3. The quantitative estimate of drug-likeness (QED) is 0.785. The molecule has 1 unspecified atom stereocenters. The molecule has 1 atom stereocenters.